The Labute approximate surface area is 231 Å². The third-order valence-electron chi connectivity index (χ3n) is 7.11. The highest BCUT2D eigenvalue weighted by Crippen LogP contribution is 2.53. The number of carbonyl (C=O) groups excluding carboxylic acids is 1. The van der Waals surface area contributed by atoms with Crippen LogP contribution in [-0.2, 0) is 32.2 Å². The molecule has 2 aromatic heterocycles. The summed E-state index contributed by atoms with van der Waals surface area (Å²) >= 11 is 0.639. The zero-order valence-corrected chi connectivity index (χ0v) is 22.8. The number of halogens is 3. The van der Waals surface area contributed by atoms with Crippen LogP contribution in [0.25, 0.3) is 10.6 Å². The molecule has 1 aliphatic heterocycles. The van der Waals surface area contributed by atoms with Crippen molar-refractivity contribution in [1.82, 2.24) is 19.7 Å². The minimum Gasteiger partial charge on any atom is -0.480 e. The number of carboxylic acids is 1. The van der Waals surface area contributed by atoms with Crippen LogP contribution in [0, 0.1) is 0 Å². The second-order valence-corrected chi connectivity index (χ2v) is 12.9. The van der Waals surface area contributed by atoms with Crippen molar-refractivity contribution in [2.75, 3.05) is 33.2 Å². The molecule has 2 fully saturated rings. The van der Waals surface area contributed by atoms with Gasteiger partial charge in [-0.2, -0.15) is 17.9 Å². The molecule has 1 amide bonds. The first-order valence-corrected chi connectivity index (χ1v) is 14.5. The van der Waals surface area contributed by atoms with E-state index in [1.807, 2.05) is 7.05 Å². The van der Waals surface area contributed by atoms with Crippen molar-refractivity contribution < 1.29 is 40.8 Å². The molecule has 0 radical (unpaired) electrons. The van der Waals surface area contributed by atoms with E-state index in [1.165, 1.54) is 12.1 Å². The molecule has 0 spiro atoms. The van der Waals surface area contributed by atoms with Gasteiger partial charge in [0.1, 0.15) is 15.4 Å². The Morgan fingerprint density at radius 2 is 1.90 bits per heavy atom. The summed E-state index contributed by atoms with van der Waals surface area (Å²) in [6.07, 6.45) is -4.61. The number of nitrogens with one attached hydrogen (secondary N) is 1. The summed E-state index contributed by atoms with van der Waals surface area (Å²) in [6, 6.07) is 10.0. The van der Waals surface area contributed by atoms with E-state index >= 15 is 0 Å². The molecular formula is C25H25F3N4O6S2. The maximum atomic E-state index is 13.1. The van der Waals surface area contributed by atoms with Crippen LogP contribution in [0.3, 0.4) is 0 Å². The van der Waals surface area contributed by atoms with Gasteiger partial charge in [-0.3, -0.25) is 9.59 Å². The number of likely N-dealkylation sites (N-methyl/N-ethyl adjacent to an activating group) is 1. The molecule has 2 atom stereocenters. The Hall–Kier alpha value is -3.27. The molecule has 2 aliphatic rings. The predicted octanol–water partition coefficient (Wildman–Crippen LogP) is 3.03. The molecule has 3 heterocycles. The summed E-state index contributed by atoms with van der Waals surface area (Å²) in [6.45, 7) is 2.83. The van der Waals surface area contributed by atoms with Gasteiger partial charge in [-0.25, -0.2) is 8.42 Å². The van der Waals surface area contributed by atoms with Crippen molar-refractivity contribution in [2.45, 2.75) is 34.7 Å². The Bertz CT molecular complexity index is 1550. The lowest BCUT2D eigenvalue weighted by molar-refractivity contribution is -0.155. The summed E-state index contributed by atoms with van der Waals surface area (Å²) in [5.74, 6) is -3.39. The van der Waals surface area contributed by atoms with E-state index in [-0.39, 0.29) is 33.5 Å². The highest BCUT2D eigenvalue weighted by atomic mass is 32.2. The van der Waals surface area contributed by atoms with E-state index in [1.54, 1.807) is 29.2 Å². The zero-order valence-electron chi connectivity index (χ0n) is 21.1. The van der Waals surface area contributed by atoms with E-state index < -0.39 is 39.4 Å². The number of aliphatic carboxylic acids is 1. The largest absolute Gasteiger partial charge is 0.480 e. The highest BCUT2D eigenvalue weighted by Gasteiger charge is 2.63. The molecule has 2 N–H and O–H groups in total. The Morgan fingerprint density at radius 1 is 1.18 bits per heavy atom. The topological polar surface area (TPSA) is 133 Å². The van der Waals surface area contributed by atoms with Crippen molar-refractivity contribution in [3.05, 3.63) is 59.4 Å². The van der Waals surface area contributed by atoms with Crippen LogP contribution in [0.5, 0.6) is 0 Å². The number of hydrogen-bond acceptors (Lipinski definition) is 8. The molecule has 40 heavy (non-hydrogen) atoms. The number of benzene rings is 1. The molecule has 1 aliphatic carbocycles. The molecular weight excluding hydrogens is 573 g/mol. The van der Waals surface area contributed by atoms with Crippen molar-refractivity contribution in [3.8, 4) is 10.6 Å². The van der Waals surface area contributed by atoms with Gasteiger partial charge in [0.25, 0.3) is 10.0 Å². The van der Waals surface area contributed by atoms with Gasteiger partial charge < -0.3 is 19.4 Å². The Morgan fingerprint density at radius 3 is 2.55 bits per heavy atom. The summed E-state index contributed by atoms with van der Waals surface area (Å²) in [4.78, 5) is 29.1. The van der Waals surface area contributed by atoms with E-state index in [4.69, 9.17) is 0 Å². The van der Waals surface area contributed by atoms with Gasteiger partial charge in [-0.15, -0.1) is 11.3 Å². The third kappa shape index (κ3) is 5.64. The maximum absolute atomic E-state index is 13.1. The fourth-order valence-electron chi connectivity index (χ4n) is 4.74. The van der Waals surface area contributed by atoms with Gasteiger partial charge in [0.2, 0.25) is 11.7 Å². The smallest absolute Gasteiger partial charge is 0.452 e. The van der Waals surface area contributed by atoms with Gasteiger partial charge in [-0.1, -0.05) is 29.4 Å². The quantitative estimate of drug-likeness (QED) is 0.405. The second-order valence-electron chi connectivity index (χ2n) is 9.94. The SMILES string of the molecule is CN1CCN(C(=O)Cc2cccc([C@@H]3C[C@]3(NS(=O)(=O)c3ccc(-c4cc(C(F)(F)F)on4)s3)C(=O)O)c2)CC1. The van der Waals surface area contributed by atoms with Crippen molar-refractivity contribution in [2.24, 2.45) is 0 Å². The van der Waals surface area contributed by atoms with Crippen LogP contribution in [0.4, 0.5) is 13.2 Å². The molecule has 1 saturated heterocycles. The molecule has 15 heteroatoms. The average molecular weight is 599 g/mol. The minimum atomic E-state index is -4.75. The summed E-state index contributed by atoms with van der Waals surface area (Å²) < 4.78 is 71.1. The number of piperazine rings is 1. The summed E-state index contributed by atoms with van der Waals surface area (Å²) in [7, 11) is -2.36. The van der Waals surface area contributed by atoms with Gasteiger partial charge in [0.05, 0.1) is 11.3 Å². The number of aromatic nitrogens is 1. The third-order valence-corrected chi connectivity index (χ3v) is 10.2. The van der Waals surface area contributed by atoms with Gasteiger partial charge in [0.15, 0.2) is 0 Å². The van der Waals surface area contributed by atoms with Crippen molar-refractivity contribution in [3.63, 3.8) is 0 Å². The van der Waals surface area contributed by atoms with Crippen molar-refractivity contribution in [1.29, 1.82) is 0 Å². The van der Waals surface area contributed by atoms with E-state index in [9.17, 15) is 36.3 Å². The fourth-order valence-corrected chi connectivity index (χ4v) is 7.40. The number of rotatable bonds is 8. The Balaban J connectivity index is 1.30. The van der Waals surface area contributed by atoms with Crippen LogP contribution in [-0.4, -0.2) is 79.1 Å². The van der Waals surface area contributed by atoms with Gasteiger partial charge in [-0.05, 0) is 36.7 Å². The zero-order chi connectivity index (χ0) is 28.9. The van der Waals surface area contributed by atoms with Crippen LogP contribution in [0.2, 0.25) is 0 Å². The fraction of sp³-hybridized carbons (Fsp3) is 0.400. The molecule has 0 bridgehead atoms. The molecule has 10 nitrogen and oxygen atoms in total. The average Bonchev–Trinajstić information content (AvgIpc) is 3.24. The molecule has 3 aromatic rings. The van der Waals surface area contributed by atoms with E-state index in [0.717, 1.165) is 13.1 Å². The van der Waals surface area contributed by atoms with Crippen LogP contribution < -0.4 is 4.72 Å². The molecule has 214 valence electrons. The highest BCUT2D eigenvalue weighted by molar-refractivity contribution is 7.91. The number of alkyl halides is 3. The Kier molecular flexibility index (Phi) is 7.27. The lowest BCUT2D eigenvalue weighted by Gasteiger charge is -2.32. The summed E-state index contributed by atoms with van der Waals surface area (Å²) in [5, 5.41) is 13.4. The number of hydrogen-bond donors (Lipinski definition) is 2. The monoisotopic (exact) mass is 598 g/mol. The maximum Gasteiger partial charge on any atom is 0.452 e. The van der Waals surface area contributed by atoms with Gasteiger partial charge >= 0.3 is 12.1 Å². The second kappa shape index (κ2) is 10.3. The number of carboxylic acid groups (broad SMARTS) is 1. The van der Waals surface area contributed by atoms with Gasteiger partial charge in [0, 0.05) is 38.2 Å². The number of amides is 1. The molecule has 1 aromatic carbocycles. The first-order valence-electron chi connectivity index (χ1n) is 12.3. The molecule has 5 rings (SSSR count). The van der Waals surface area contributed by atoms with Crippen LogP contribution in [0.1, 0.15) is 29.2 Å². The van der Waals surface area contributed by atoms with Crippen LogP contribution >= 0.6 is 11.3 Å². The van der Waals surface area contributed by atoms with E-state index in [2.05, 4.69) is 19.3 Å². The number of nitrogens with zero attached hydrogens (tertiary/aromatic N) is 3. The predicted molar refractivity (Wildman–Crippen MR) is 137 cm³/mol. The summed E-state index contributed by atoms with van der Waals surface area (Å²) in [5.41, 5.74) is -0.716. The van der Waals surface area contributed by atoms with E-state index in [0.29, 0.717) is 41.6 Å². The van der Waals surface area contributed by atoms with Crippen molar-refractivity contribution >= 4 is 33.2 Å². The minimum absolute atomic E-state index is 0.00607. The number of sulfonamides is 1. The first-order chi connectivity index (χ1) is 18.8. The number of carbonyl (C=O) groups is 2. The number of thiophene rings is 1. The first kappa shape index (κ1) is 28.3. The lowest BCUT2D eigenvalue weighted by Crippen LogP contribution is -2.47. The molecule has 0 unspecified atom stereocenters. The molecule has 1 saturated carbocycles. The normalized spacial score (nSPS) is 21.9. The lowest BCUT2D eigenvalue weighted by atomic mass is 10.0. The standard InChI is InChI=1S/C25H25F3N4O6S2/c1-31-7-9-32(10-8-31)21(33)12-15-3-2-4-16(11-15)17-14-24(17,23(34)35)30-40(36,37)22-6-5-19(39-22)18-13-20(38-29-18)25(26,27)28/h2-6,11,13,17,30H,7-10,12,14H2,1H3,(H,34,35)/t17-,24+/m0/s1. The van der Waals surface area contributed by atoms with Crippen LogP contribution in [0.15, 0.2) is 51.2 Å².